The van der Waals surface area contributed by atoms with Crippen molar-refractivity contribution in [2.24, 2.45) is 0 Å². The fourth-order valence-electron chi connectivity index (χ4n) is 7.12. The lowest BCUT2D eigenvalue weighted by atomic mass is 9.81. The molecule has 0 radical (unpaired) electrons. The van der Waals surface area contributed by atoms with Crippen LogP contribution in [0.5, 0.6) is 0 Å². The SMILES string of the molecule is Cc1cc(Nc2ccc(Cc3ccc(Nc4cc(S(=O)(=O)O)c(N)c5c4C(=O)c4ccccc4C5=O)cc3)cc2)c2c(c1N)C(=O)c1ccccc1C2=O. The second kappa shape index (κ2) is 12.7. The number of nitrogens with one attached hydrogen (secondary N) is 2. The summed E-state index contributed by atoms with van der Waals surface area (Å²) >= 11 is 0. The second-order valence-electron chi connectivity index (χ2n) is 13.2. The molecule has 0 fully saturated rings. The van der Waals surface area contributed by atoms with Crippen molar-refractivity contribution in [1.82, 2.24) is 0 Å². The number of fused-ring (bicyclic) bond motifs is 4. The molecule has 6 aromatic rings. The van der Waals surface area contributed by atoms with Gasteiger partial charge in [-0.15, -0.1) is 0 Å². The van der Waals surface area contributed by atoms with Gasteiger partial charge in [0, 0.05) is 39.3 Å². The van der Waals surface area contributed by atoms with E-state index in [1.807, 2.05) is 36.4 Å². The first-order valence-electron chi connectivity index (χ1n) is 16.8. The van der Waals surface area contributed by atoms with E-state index in [2.05, 4.69) is 10.6 Å². The fourth-order valence-corrected chi connectivity index (χ4v) is 7.76. The molecular formula is C42H30N4O7S. The van der Waals surface area contributed by atoms with Gasteiger partial charge in [-0.25, -0.2) is 0 Å². The minimum Gasteiger partial charge on any atom is -0.398 e. The molecule has 6 aromatic carbocycles. The van der Waals surface area contributed by atoms with Crippen LogP contribution in [0.2, 0.25) is 0 Å². The van der Waals surface area contributed by atoms with Gasteiger partial charge in [-0.3, -0.25) is 23.7 Å². The molecule has 0 aliphatic heterocycles. The van der Waals surface area contributed by atoms with Crippen molar-refractivity contribution in [2.75, 3.05) is 22.1 Å². The molecule has 0 aromatic heterocycles. The molecule has 7 N–H and O–H groups in total. The molecule has 0 bridgehead atoms. The summed E-state index contributed by atoms with van der Waals surface area (Å²) in [7, 11) is -4.85. The van der Waals surface area contributed by atoms with E-state index >= 15 is 0 Å². The number of aryl methyl sites for hydroxylation is 1. The Balaban J connectivity index is 1.03. The molecule has 0 atom stereocenters. The minimum absolute atomic E-state index is 0.00311. The van der Waals surface area contributed by atoms with Gasteiger partial charge in [-0.1, -0.05) is 72.8 Å². The second-order valence-corrected chi connectivity index (χ2v) is 14.6. The third-order valence-corrected chi connectivity index (χ3v) is 10.7. The maximum Gasteiger partial charge on any atom is 0.296 e. The Hall–Kier alpha value is -6.89. The lowest BCUT2D eigenvalue weighted by Gasteiger charge is -2.23. The van der Waals surface area contributed by atoms with Crippen molar-refractivity contribution in [3.8, 4) is 0 Å². The van der Waals surface area contributed by atoms with Crippen LogP contribution in [0.4, 0.5) is 34.1 Å². The number of ketones is 4. The minimum atomic E-state index is -4.85. The Bertz CT molecular complexity index is 2760. The third-order valence-electron chi connectivity index (χ3n) is 9.80. The fraction of sp³-hybridized carbons (Fsp3) is 0.0476. The standard InChI is InChI=1S/C42H30N4O7S/c1-21-18-30(33-35(37(21)43)41(49)28-8-4-2-6-26(28)39(33)47)45-24-14-10-22(11-15-24)19-23-12-16-25(17-13-23)46-31-20-32(54(51,52)53)38(44)36-34(31)40(48)27-7-3-5-9-29(27)42(36)50/h2-18,20,45-46H,19,43-44H2,1H3,(H,51,52,53). The van der Waals surface area contributed by atoms with Gasteiger partial charge in [0.2, 0.25) is 0 Å². The molecule has 12 heteroatoms. The van der Waals surface area contributed by atoms with Gasteiger partial charge in [0.1, 0.15) is 4.90 Å². The highest BCUT2D eigenvalue weighted by molar-refractivity contribution is 7.86. The quantitative estimate of drug-likeness (QED) is 0.0832. The zero-order chi connectivity index (χ0) is 38.1. The van der Waals surface area contributed by atoms with E-state index in [-0.39, 0.29) is 56.3 Å². The van der Waals surface area contributed by atoms with E-state index in [9.17, 15) is 32.1 Å². The summed E-state index contributed by atoms with van der Waals surface area (Å²) < 4.78 is 34.5. The average molecular weight is 735 g/mol. The molecule has 0 saturated carbocycles. The van der Waals surface area contributed by atoms with Gasteiger partial charge in [0.25, 0.3) is 10.1 Å². The van der Waals surface area contributed by atoms with Crippen molar-refractivity contribution < 1.29 is 32.1 Å². The van der Waals surface area contributed by atoms with E-state index in [4.69, 9.17) is 11.5 Å². The Morgan fingerprint density at radius 2 is 0.907 bits per heavy atom. The number of hydrogen-bond donors (Lipinski definition) is 5. The summed E-state index contributed by atoms with van der Waals surface area (Å²) in [5.74, 6) is -1.70. The molecule has 0 amide bonds. The number of carbonyl (C=O) groups excluding carboxylic acids is 4. The van der Waals surface area contributed by atoms with Crippen LogP contribution in [0.25, 0.3) is 0 Å². The summed E-state index contributed by atoms with van der Waals surface area (Å²) in [4.78, 5) is 53.4. The van der Waals surface area contributed by atoms with Crippen LogP contribution >= 0.6 is 0 Å². The summed E-state index contributed by atoms with van der Waals surface area (Å²) in [6, 6.07) is 30.6. The number of carbonyl (C=O) groups is 4. The van der Waals surface area contributed by atoms with Crippen molar-refractivity contribution >= 4 is 67.4 Å². The topological polar surface area (TPSA) is 199 Å². The molecule has 0 unspecified atom stereocenters. The third kappa shape index (κ3) is 5.61. The molecule has 0 saturated heterocycles. The van der Waals surface area contributed by atoms with Crippen molar-refractivity contribution in [3.63, 3.8) is 0 Å². The number of nitrogens with two attached hydrogens (primary N) is 2. The smallest absolute Gasteiger partial charge is 0.296 e. The number of rotatable bonds is 7. The van der Waals surface area contributed by atoms with Crippen LogP contribution in [0.3, 0.4) is 0 Å². The Labute approximate surface area is 309 Å². The van der Waals surface area contributed by atoms with E-state index in [1.54, 1.807) is 61.5 Å². The highest BCUT2D eigenvalue weighted by Crippen LogP contribution is 2.41. The predicted molar refractivity (Wildman–Crippen MR) is 205 cm³/mol. The molecule has 0 spiro atoms. The van der Waals surface area contributed by atoms with Crippen LogP contribution in [0, 0.1) is 6.92 Å². The lowest BCUT2D eigenvalue weighted by molar-refractivity contribution is 0.0980. The maximum atomic E-state index is 13.6. The molecule has 266 valence electrons. The zero-order valence-corrected chi connectivity index (χ0v) is 29.4. The van der Waals surface area contributed by atoms with Crippen molar-refractivity contribution in [2.45, 2.75) is 18.2 Å². The molecule has 11 nitrogen and oxygen atoms in total. The molecule has 8 rings (SSSR count). The normalized spacial score (nSPS) is 13.1. The Morgan fingerprint density at radius 3 is 1.31 bits per heavy atom. The molecule has 0 heterocycles. The zero-order valence-electron chi connectivity index (χ0n) is 28.6. The lowest BCUT2D eigenvalue weighted by Crippen LogP contribution is -2.25. The highest BCUT2D eigenvalue weighted by Gasteiger charge is 2.37. The summed E-state index contributed by atoms with van der Waals surface area (Å²) in [5.41, 5.74) is 17.5. The Kier molecular flexibility index (Phi) is 8.02. The summed E-state index contributed by atoms with van der Waals surface area (Å²) in [6.45, 7) is 1.79. The van der Waals surface area contributed by atoms with Gasteiger partial charge in [0.15, 0.2) is 23.1 Å². The van der Waals surface area contributed by atoms with Gasteiger partial charge < -0.3 is 22.1 Å². The summed E-state index contributed by atoms with van der Waals surface area (Å²) in [5, 5.41) is 6.36. The van der Waals surface area contributed by atoms with Crippen LogP contribution in [0.15, 0.2) is 114 Å². The van der Waals surface area contributed by atoms with E-state index < -0.39 is 32.3 Å². The first-order chi connectivity index (χ1) is 25.8. The molecule has 54 heavy (non-hydrogen) atoms. The van der Waals surface area contributed by atoms with E-state index in [0.29, 0.717) is 40.2 Å². The number of anilines is 6. The van der Waals surface area contributed by atoms with Crippen LogP contribution < -0.4 is 22.1 Å². The summed E-state index contributed by atoms with van der Waals surface area (Å²) in [6.07, 6.45) is 0.550. The monoisotopic (exact) mass is 734 g/mol. The number of hydrogen-bond acceptors (Lipinski definition) is 10. The maximum absolute atomic E-state index is 13.6. The highest BCUT2D eigenvalue weighted by atomic mass is 32.2. The van der Waals surface area contributed by atoms with E-state index in [0.717, 1.165) is 17.2 Å². The first kappa shape index (κ1) is 34.2. The average Bonchev–Trinajstić information content (AvgIpc) is 3.16. The van der Waals surface area contributed by atoms with E-state index in [1.165, 1.54) is 12.1 Å². The molecule has 2 aliphatic rings. The van der Waals surface area contributed by atoms with Crippen LogP contribution in [0.1, 0.15) is 80.4 Å². The van der Waals surface area contributed by atoms with Crippen LogP contribution in [-0.4, -0.2) is 36.1 Å². The molecule has 2 aliphatic carbocycles. The number of benzene rings is 6. The first-order valence-corrected chi connectivity index (χ1v) is 18.2. The van der Waals surface area contributed by atoms with Crippen LogP contribution in [-0.2, 0) is 16.5 Å². The van der Waals surface area contributed by atoms with Crippen molar-refractivity contribution in [1.29, 1.82) is 0 Å². The van der Waals surface area contributed by atoms with Crippen molar-refractivity contribution in [3.05, 3.63) is 170 Å². The molecular weight excluding hydrogens is 705 g/mol. The van der Waals surface area contributed by atoms with Gasteiger partial charge >= 0.3 is 0 Å². The van der Waals surface area contributed by atoms with Gasteiger partial charge in [0.05, 0.1) is 39.3 Å². The van der Waals surface area contributed by atoms with Gasteiger partial charge in [-0.2, -0.15) is 8.42 Å². The predicted octanol–water partition coefficient (Wildman–Crippen LogP) is 7.03. The number of nitrogen functional groups attached to an aromatic ring is 2. The van der Waals surface area contributed by atoms with Gasteiger partial charge in [-0.05, 0) is 66.4 Å². The largest absolute Gasteiger partial charge is 0.398 e. The Morgan fingerprint density at radius 1 is 0.537 bits per heavy atom.